The summed E-state index contributed by atoms with van der Waals surface area (Å²) < 4.78 is 0. The van der Waals surface area contributed by atoms with Gasteiger partial charge in [-0.15, -0.1) is 0 Å². The van der Waals surface area contributed by atoms with Crippen molar-refractivity contribution < 1.29 is 9.90 Å². The largest absolute Gasteiger partial charge is 0.386 e. The number of ketones is 1. The number of hydrogen-bond donors (Lipinski definition) is 1. The second-order valence-electron chi connectivity index (χ2n) is 7.54. The fourth-order valence-electron chi connectivity index (χ4n) is 3.69. The van der Waals surface area contributed by atoms with E-state index < -0.39 is 5.60 Å². The average molecular weight is 342 g/mol. The molecule has 0 amide bonds. The third kappa shape index (κ3) is 2.97. The second kappa shape index (κ2) is 6.22. The van der Waals surface area contributed by atoms with Crippen LogP contribution in [0.1, 0.15) is 42.6 Å². The zero-order chi connectivity index (χ0) is 18.3. The number of allylic oxidation sites excluding steroid dienone is 5. The Labute approximate surface area is 153 Å². The summed E-state index contributed by atoms with van der Waals surface area (Å²) in [5, 5.41) is 12.4. The molecule has 0 spiro atoms. The van der Waals surface area contributed by atoms with Crippen LogP contribution in [0.4, 0.5) is 0 Å². The Hall–Kier alpha value is -2.71. The monoisotopic (exact) mass is 342 g/mol. The van der Waals surface area contributed by atoms with Crippen LogP contribution in [0.5, 0.6) is 0 Å². The highest BCUT2D eigenvalue weighted by Gasteiger charge is 2.22. The standard InChI is InChI=1S/C24H22O2/c1-24(2,26)20-10-3-6-16(12-13-20)14-19-15-18-9-4-7-17-8-5-11-21(22(17)18)23(19)25/h3-5,7-13,15,26H,6,14H2,1-2H3. The van der Waals surface area contributed by atoms with E-state index in [4.69, 9.17) is 0 Å². The summed E-state index contributed by atoms with van der Waals surface area (Å²) in [6.45, 7) is 3.57. The van der Waals surface area contributed by atoms with E-state index in [1.807, 2.05) is 42.5 Å². The van der Waals surface area contributed by atoms with Gasteiger partial charge >= 0.3 is 0 Å². The summed E-state index contributed by atoms with van der Waals surface area (Å²) in [6.07, 6.45) is 11.5. The molecule has 2 heteroatoms. The Kier molecular flexibility index (Phi) is 4.01. The highest BCUT2D eigenvalue weighted by molar-refractivity contribution is 6.22. The van der Waals surface area contributed by atoms with Crippen molar-refractivity contribution in [2.45, 2.75) is 32.3 Å². The van der Waals surface area contributed by atoms with Gasteiger partial charge in [-0.2, -0.15) is 0 Å². The van der Waals surface area contributed by atoms with Crippen LogP contribution in [0, 0.1) is 0 Å². The summed E-state index contributed by atoms with van der Waals surface area (Å²) in [4.78, 5) is 13.0. The molecule has 2 aromatic carbocycles. The SMILES string of the molecule is CC(C)(O)C1=CC=C(CC2=Cc3cccc4cccc(c34)C2=O)CC=C1. The van der Waals surface area contributed by atoms with Crippen molar-refractivity contribution >= 4 is 22.6 Å². The minimum Gasteiger partial charge on any atom is -0.386 e. The molecule has 0 bridgehead atoms. The Morgan fingerprint density at radius 1 is 1.08 bits per heavy atom. The smallest absolute Gasteiger partial charge is 0.189 e. The number of hydrogen-bond acceptors (Lipinski definition) is 2. The lowest BCUT2D eigenvalue weighted by atomic mass is 9.85. The van der Waals surface area contributed by atoms with E-state index in [2.05, 4.69) is 24.3 Å². The van der Waals surface area contributed by atoms with Crippen molar-refractivity contribution in [2.24, 2.45) is 0 Å². The number of carbonyl (C=O) groups is 1. The fraction of sp³-hybridized carbons (Fsp3) is 0.208. The first-order valence-electron chi connectivity index (χ1n) is 8.99. The van der Waals surface area contributed by atoms with E-state index in [9.17, 15) is 9.90 Å². The Bertz CT molecular complexity index is 1020. The predicted octanol–water partition coefficient (Wildman–Crippen LogP) is 5.39. The molecule has 0 aliphatic heterocycles. The summed E-state index contributed by atoms with van der Waals surface area (Å²) in [5.74, 6) is 0.120. The lowest BCUT2D eigenvalue weighted by Crippen LogP contribution is -2.20. The summed E-state index contributed by atoms with van der Waals surface area (Å²) >= 11 is 0. The molecule has 0 saturated heterocycles. The molecule has 4 rings (SSSR count). The molecular formula is C24H22O2. The number of aliphatic hydroxyl groups is 1. The molecule has 1 N–H and O–H groups in total. The van der Waals surface area contributed by atoms with Gasteiger partial charge in [0.15, 0.2) is 5.78 Å². The van der Waals surface area contributed by atoms with Crippen LogP contribution in [0.15, 0.2) is 77.4 Å². The predicted molar refractivity (Wildman–Crippen MR) is 107 cm³/mol. The van der Waals surface area contributed by atoms with E-state index in [1.54, 1.807) is 13.8 Å². The van der Waals surface area contributed by atoms with E-state index in [0.717, 1.165) is 39.5 Å². The van der Waals surface area contributed by atoms with Gasteiger partial charge in [0.25, 0.3) is 0 Å². The maximum absolute atomic E-state index is 13.0. The van der Waals surface area contributed by atoms with Crippen molar-refractivity contribution in [3.63, 3.8) is 0 Å². The molecule has 2 aromatic rings. The first-order chi connectivity index (χ1) is 12.4. The normalized spacial score (nSPS) is 16.9. The molecule has 2 aliphatic rings. The minimum atomic E-state index is -0.864. The molecule has 2 nitrogen and oxygen atoms in total. The van der Waals surface area contributed by atoms with Crippen molar-refractivity contribution in [3.8, 4) is 0 Å². The lowest BCUT2D eigenvalue weighted by molar-refractivity contribution is 0.103. The second-order valence-corrected chi connectivity index (χ2v) is 7.54. The van der Waals surface area contributed by atoms with Gasteiger partial charge in [0.2, 0.25) is 0 Å². The van der Waals surface area contributed by atoms with Crippen LogP contribution in [-0.2, 0) is 0 Å². The van der Waals surface area contributed by atoms with Gasteiger partial charge in [-0.1, -0.05) is 66.3 Å². The van der Waals surface area contributed by atoms with Crippen LogP contribution in [-0.4, -0.2) is 16.5 Å². The molecule has 0 aromatic heterocycles. The van der Waals surface area contributed by atoms with Crippen LogP contribution in [0.3, 0.4) is 0 Å². The number of carbonyl (C=O) groups excluding carboxylic acids is 1. The zero-order valence-electron chi connectivity index (χ0n) is 15.1. The first-order valence-corrected chi connectivity index (χ1v) is 8.99. The molecule has 130 valence electrons. The fourth-order valence-corrected chi connectivity index (χ4v) is 3.69. The van der Waals surface area contributed by atoms with Crippen LogP contribution in [0.25, 0.3) is 16.8 Å². The van der Waals surface area contributed by atoms with Crippen LogP contribution >= 0.6 is 0 Å². The average Bonchev–Trinajstić information content (AvgIpc) is 2.85. The molecule has 0 fully saturated rings. The number of rotatable bonds is 3. The third-order valence-corrected chi connectivity index (χ3v) is 5.10. The van der Waals surface area contributed by atoms with E-state index in [0.29, 0.717) is 6.42 Å². The van der Waals surface area contributed by atoms with Crippen molar-refractivity contribution in [1.82, 2.24) is 0 Å². The van der Waals surface area contributed by atoms with Gasteiger partial charge < -0.3 is 5.11 Å². The zero-order valence-corrected chi connectivity index (χ0v) is 15.1. The molecule has 26 heavy (non-hydrogen) atoms. The van der Waals surface area contributed by atoms with Gasteiger partial charge in [-0.25, -0.2) is 0 Å². The Morgan fingerprint density at radius 3 is 2.62 bits per heavy atom. The molecule has 0 saturated carbocycles. The molecular weight excluding hydrogens is 320 g/mol. The van der Waals surface area contributed by atoms with Gasteiger partial charge in [0.05, 0.1) is 5.60 Å². The summed E-state index contributed by atoms with van der Waals surface area (Å²) in [6, 6.07) is 12.1. The molecule has 0 atom stereocenters. The maximum atomic E-state index is 13.0. The Morgan fingerprint density at radius 2 is 1.85 bits per heavy atom. The molecule has 0 heterocycles. The number of Topliss-reactive ketones (excluding diaryl/α,β-unsaturated/α-hetero) is 1. The third-order valence-electron chi connectivity index (χ3n) is 5.10. The van der Waals surface area contributed by atoms with Gasteiger partial charge in [0.1, 0.15) is 0 Å². The van der Waals surface area contributed by atoms with Crippen molar-refractivity contribution in [3.05, 3.63) is 88.5 Å². The summed E-state index contributed by atoms with van der Waals surface area (Å²) in [7, 11) is 0. The first kappa shape index (κ1) is 16.7. The van der Waals surface area contributed by atoms with Crippen molar-refractivity contribution in [2.75, 3.05) is 0 Å². The lowest BCUT2D eigenvalue weighted by Gasteiger charge is -2.18. The maximum Gasteiger partial charge on any atom is 0.189 e. The minimum absolute atomic E-state index is 0.120. The summed E-state index contributed by atoms with van der Waals surface area (Å²) in [5.41, 5.74) is 3.93. The highest BCUT2D eigenvalue weighted by Crippen LogP contribution is 2.34. The van der Waals surface area contributed by atoms with E-state index in [-0.39, 0.29) is 5.78 Å². The van der Waals surface area contributed by atoms with E-state index >= 15 is 0 Å². The van der Waals surface area contributed by atoms with Gasteiger partial charge in [-0.05, 0) is 49.3 Å². The molecule has 2 aliphatic carbocycles. The molecule has 0 radical (unpaired) electrons. The van der Waals surface area contributed by atoms with Crippen molar-refractivity contribution in [1.29, 1.82) is 0 Å². The van der Waals surface area contributed by atoms with Crippen LogP contribution < -0.4 is 0 Å². The Balaban J connectivity index is 1.70. The number of benzene rings is 2. The highest BCUT2D eigenvalue weighted by atomic mass is 16.3. The topological polar surface area (TPSA) is 37.3 Å². The van der Waals surface area contributed by atoms with Gasteiger partial charge in [0, 0.05) is 16.5 Å². The quantitative estimate of drug-likeness (QED) is 0.811. The van der Waals surface area contributed by atoms with Gasteiger partial charge in [-0.3, -0.25) is 4.79 Å². The van der Waals surface area contributed by atoms with E-state index in [1.165, 1.54) is 5.57 Å². The molecule has 0 unspecified atom stereocenters. The van der Waals surface area contributed by atoms with Crippen LogP contribution in [0.2, 0.25) is 0 Å².